The van der Waals surface area contributed by atoms with Crippen molar-refractivity contribution in [3.8, 4) is 0 Å². The van der Waals surface area contributed by atoms with Crippen molar-refractivity contribution in [2.75, 3.05) is 26.2 Å². The highest BCUT2D eigenvalue weighted by Gasteiger charge is 2.25. The van der Waals surface area contributed by atoms with Gasteiger partial charge in [0.25, 0.3) is 0 Å². The Morgan fingerprint density at radius 3 is 2.21 bits per heavy atom. The molecule has 0 spiro atoms. The molecule has 0 fully saturated rings. The molecule has 14 heavy (non-hydrogen) atoms. The van der Waals surface area contributed by atoms with Crippen LogP contribution < -0.4 is 5.32 Å². The fraction of sp³-hybridized carbons (Fsp3) is 1.00. The second-order valence-electron chi connectivity index (χ2n) is 4.41. The molecular weight excluding hydrogens is 176 g/mol. The van der Waals surface area contributed by atoms with Gasteiger partial charge in [0.2, 0.25) is 0 Å². The highest BCUT2D eigenvalue weighted by atomic mass is 16.3. The maximum atomic E-state index is 9.35. The van der Waals surface area contributed by atoms with Crippen LogP contribution in [0.25, 0.3) is 0 Å². The van der Waals surface area contributed by atoms with Gasteiger partial charge in [-0.25, -0.2) is 0 Å². The summed E-state index contributed by atoms with van der Waals surface area (Å²) in [4.78, 5) is 2.36. The third-order valence-electron chi connectivity index (χ3n) is 2.64. The summed E-state index contributed by atoms with van der Waals surface area (Å²) < 4.78 is 0. The van der Waals surface area contributed by atoms with E-state index < -0.39 is 0 Å². The summed E-state index contributed by atoms with van der Waals surface area (Å²) in [5.74, 6) is 0. The molecular formula is C11H26N2O. The van der Waals surface area contributed by atoms with Gasteiger partial charge in [-0.3, -0.25) is 4.90 Å². The van der Waals surface area contributed by atoms with Crippen LogP contribution >= 0.6 is 0 Å². The van der Waals surface area contributed by atoms with Crippen LogP contribution in [0.1, 0.15) is 34.6 Å². The number of aliphatic hydroxyl groups excluding tert-OH is 1. The van der Waals surface area contributed by atoms with Gasteiger partial charge in [0, 0.05) is 12.6 Å². The monoisotopic (exact) mass is 202 g/mol. The molecule has 0 amide bonds. The lowest BCUT2D eigenvalue weighted by atomic mass is 10.0. The van der Waals surface area contributed by atoms with Gasteiger partial charge in [0.05, 0.1) is 12.1 Å². The molecule has 0 aromatic rings. The molecule has 0 radical (unpaired) electrons. The SMILES string of the molecule is CCNC(C)(CO)CN(CC)C(C)C. The van der Waals surface area contributed by atoms with Crippen LogP contribution in [0.5, 0.6) is 0 Å². The van der Waals surface area contributed by atoms with Crippen LogP contribution in [0.4, 0.5) is 0 Å². The van der Waals surface area contributed by atoms with Crippen molar-refractivity contribution in [2.45, 2.75) is 46.2 Å². The minimum atomic E-state index is -0.172. The van der Waals surface area contributed by atoms with E-state index in [1.54, 1.807) is 0 Å². The van der Waals surface area contributed by atoms with E-state index in [0.717, 1.165) is 19.6 Å². The van der Waals surface area contributed by atoms with Gasteiger partial charge in [-0.15, -0.1) is 0 Å². The van der Waals surface area contributed by atoms with Crippen molar-refractivity contribution in [1.29, 1.82) is 0 Å². The molecule has 3 heteroatoms. The number of hydrogen-bond acceptors (Lipinski definition) is 3. The molecule has 1 unspecified atom stereocenters. The van der Waals surface area contributed by atoms with Crippen molar-refractivity contribution in [1.82, 2.24) is 10.2 Å². The quantitative estimate of drug-likeness (QED) is 0.648. The Kier molecular flexibility index (Phi) is 6.33. The minimum Gasteiger partial charge on any atom is -0.394 e. The van der Waals surface area contributed by atoms with E-state index in [1.807, 2.05) is 0 Å². The highest BCUT2D eigenvalue weighted by molar-refractivity contribution is 4.86. The highest BCUT2D eigenvalue weighted by Crippen LogP contribution is 2.08. The lowest BCUT2D eigenvalue weighted by molar-refractivity contribution is 0.108. The molecule has 3 nitrogen and oxygen atoms in total. The van der Waals surface area contributed by atoms with Gasteiger partial charge >= 0.3 is 0 Å². The Labute approximate surface area is 88.5 Å². The molecule has 86 valence electrons. The Hall–Kier alpha value is -0.120. The number of nitrogens with one attached hydrogen (secondary N) is 1. The molecule has 0 aromatic carbocycles. The minimum absolute atomic E-state index is 0.172. The van der Waals surface area contributed by atoms with Gasteiger partial charge in [0.15, 0.2) is 0 Å². The van der Waals surface area contributed by atoms with E-state index >= 15 is 0 Å². The van der Waals surface area contributed by atoms with Crippen molar-refractivity contribution >= 4 is 0 Å². The van der Waals surface area contributed by atoms with Gasteiger partial charge in [0.1, 0.15) is 0 Å². The number of likely N-dealkylation sites (N-methyl/N-ethyl adjacent to an activating group) is 2. The second-order valence-corrected chi connectivity index (χ2v) is 4.41. The summed E-state index contributed by atoms with van der Waals surface area (Å²) in [5.41, 5.74) is -0.172. The molecule has 1 atom stereocenters. The molecule has 0 aliphatic heterocycles. The number of hydrogen-bond donors (Lipinski definition) is 2. The first-order valence-electron chi connectivity index (χ1n) is 5.59. The lowest BCUT2D eigenvalue weighted by Gasteiger charge is -2.36. The van der Waals surface area contributed by atoms with Gasteiger partial charge in [-0.1, -0.05) is 13.8 Å². The van der Waals surface area contributed by atoms with E-state index in [0.29, 0.717) is 6.04 Å². The maximum absolute atomic E-state index is 9.35. The summed E-state index contributed by atoms with van der Waals surface area (Å²) >= 11 is 0. The molecule has 0 aromatic heterocycles. The average Bonchev–Trinajstić information content (AvgIpc) is 2.14. The van der Waals surface area contributed by atoms with Crippen LogP contribution in [-0.4, -0.2) is 47.8 Å². The fourth-order valence-electron chi connectivity index (χ4n) is 1.70. The Morgan fingerprint density at radius 1 is 1.36 bits per heavy atom. The average molecular weight is 202 g/mol. The Balaban J connectivity index is 4.26. The third-order valence-corrected chi connectivity index (χ3v) is 2.64. The van der Waals surface area contributed by atoms with E-state index in [4.69, 9.17) is 0 Å². The zero-order valence-corrected chi connectivity index (χ0v) is 10.3. The summed E-state index contributed by atoms with van der Waals surface area (Å²) in [6.07, 6.45) is 0. The van der Waals surface area contributed by atoms with E-state index in [9.17, 15) is 5.11 Å². The summed E-state index contributed by atoms with van der Waals surface area (Å²) in [6.45, 7) is 13.7. The normalized spacial score (nSPS) is 16.3. The summed E-state index contributed by atoms with van der Waals surface area (Å²) in [7, 11) is 0. The smallest absolute Gasteiger partial charge is 0.0623 e. The zero-order valence-electron chi connectivity index (χ0n) is 10.3. The van der Waals surface area contributed by atoms with Crippen molar-refractivity contribution in [2.24, 2.45) is 0 Å². The van der Waals surface area contributed by atoms with E-state index in [2.05, 4.69) is 44.8 Å². The molecule has 0 aliphatic rings. The predicted octanol–water partition coefficient (Wildman–Crippen LogP) is 1.08. The van der Waals surface area contributed by atoms with Crippen molar-refractivity contribution < 1.29 is 5.11 Å². The largest absolute Gasteiger partial charge is 0.394 e. The maximum Gasteiger partial charge on any atom is 0.0623 e. The fourth-order valence-corrected chi connectivity index (χ4v) is 1.70. The molecule has 0 aliphatic carbocycles. The second kappa shape index (κ2) is 6.38. The third kappa shape index (κ3) is 4.40. The van der Waals surface area contributed by atoms with Crippen LogP contribution in [-0.2, 0) is 0 Å². The van der Waals surface area contributed by atoms with Gasteiger partial charge in [-0.2, -0.15) is 0 Å². The lowest BCUT2D eigenvalue weighted by Crippen LogP contribution is -2.55. The Morgan fingerprint density at radius 2 is 1.93 bits per heavy atom. The standard InChI is InChI=1S/C11H26N2O/c1-6-12-11(5,9-14)8-13(7-2)10(3)4/h10,12,14H,6-9H2,1-5H3. The summed E-state index contributed by atoms with van der Waals surface area (Å²) in [6, 6.07) is 0.532. The summed E-state index contributed by atoms with van der Waals surface area (Å²) in [5, 5.41) is 12.7. The first-order chi connectivity index (χ1) is 6.49. The number of rotatable bonds is 7. The molecule has 0 bridgehead atoms. The van der Waals surface area contributed by atoms with E-state index in [1.165, 1.54) is 0 Å². The first kappa shape index (κ1) is 13.9. The number of nitrogens with zero attached hydrogens (tertiary/aromatic N) is 1. The van der Waals surface area contributed by atoms with Crippen molar-refractivity contribution in [3.05, 3.63) is 0 Å². The topological polar surface area (TPSA) is 35.5 Å². The van der Waals surface area contributed by atoms with E-state index in [-0.39, 0.29) is 12.1 Å². The zero-order chi connectivity index (χ0) is 11.2. The molecule has 0 saturated carbocycles. The predicted molar refractivity (Wildman–Crippen MR) is 61.6 cm³/mol. The molecule has 0 saturated heterocycles. The molecule has 0 rings (SSSR count). The first-order valence-corrected chi connectivity index (χ1v) is 5.59. The Bertz CT molecular complexity index is 150. The van der Waals surface area contributed by atoms with Crippen molar-refractivity contribution in [3.63, 3.8) is 0 Å². The van der Waals surface area contributed by atoms with Crippen LogP contribution in [0, 0.1) is 0 Å². The van der Waals surface area contributed by atoms with Gasteiger partial charge < -0.3 is 10.4 Å². The van der Waals surface area contributed by atoms with Crippen LogP contribution in [0.3, 0.4) is 0 Å². The molecule has 0 heterocycles. The van der Waals surface area contributed by atoms with Crippen LogP contribution in [0.2, 0.25) is 0 Å². The molecule has 2 N–H and O–H groups in total. The van der Waals surface area contributed by atoms with Gasteiger partial charge in [-0.05, 0) is 33.9 Å². The van der Waals surface area contributed by atoms with Crippen LogP contribution in [0.15, 0.2) is 0 Å². The number of aliphatic hydroxyl groups is 1.